The van der Waals surface area contributed by atoms with Crippen LogP contribution in [-0.4, -0.2) is 45.6 Å². The van der Waals surface area contributed by atoms with E-state index in [1.165, 1.54) is 24.8 Å². The minimum Gasteiger partial charge on any atom is -0.462 e. The van der Waals surface area contributed by atoms with Crippen molar-refractivity contribution >= 4 is 41.1 Å². The van der Waals surface area contributed by atoms with Crippen LogP contribution in [0.15, 0.2) is 40.9 Å². The van der Waals surface area contributed by atoms with E-state index in [2.05, 4.69) is 20.2 Å². The first kappa shape index (κ1) is 21.0. The third-order valence-electron chi connectivity index (χ3n) is 4.11. The van der Waals surface area contributed by atoms with Crippen LogP contribution in [0.1, 0.15) is 24.2 Å². The number of hydrogen-bond acceptors (Lipinski definition) is 8. The van der Waals surface area contributed by atoms with Crippen molar-refractivity contribution in [3.8, 4) is 11.4 Å². The average molecular weight is 423 g/mol. The molecule has 0 fully saturated rings. The molecule has 10 heteroatoms. The minimum absolute atomic E-state index is 0.0192. The number of carbonyl (C=O) groups is 3. The molecule has 0 radical (unpaired) electrons. The number of imide groups is 1. The Bertz CT molecular complexity index is 1120. The molecule has 1 aliphatic heterocycles. The number of anilines is 1. The summed E-state index contributed by atoms with van der Waals surface area (Å²) in [5.74, 6) is -1.31. The first-order valence-corrected chi connectivity index (χ1v) is 10.1. The predicted molar refractivity (Wildman–Crippen MR) is 111 cm³/mol. The van der Waals surface area contributed by atoms with Gasteiger partial charge in [0, 0.05) is 17.2 Å². The van der Waals surface area contributed by atoms with E-state index < -0.39 is 17.8 Å². The fourth-order valence-corrected chi connectivity index (χ4v) is 3.20. The van der Waals surface area contributed by atoms with Crippen molar-refractivity contribution in [2.45, 2.75) is 18.9 Å². The Morgan fingerprint density at radius 1 is 1.33 bits per heavy atom. The number of nitrogens with one attached hydrogen (secondary N) is 1. The normalized spacial score (nSPS) is 13.1. The van der Waals surface area contributed by atoms with Crippen LogP contribution < -0.4 is 5.43 Å². The second-order valence-electron chi connectivity index (χ2n) is 6.08. The summed E-state index contributed by atoms with van der Waals surface area (Å²) in [6.45, 7) is 11.0. The average Bonchev–Trinajstić information content (AvgIpc) is 2.99. The Morgan fingerprint density at radius 2 is 2.10 bits per heavy atom. The lowest BCUT2D eigenvalue weighted by Gasteiger charge is -2.18. The fraction of sp³-hybridized carbons (Fsp3) is 0.200. The Labute approximate surface area is 176 Å². The molecule has 1 aliphatic rings. The summed E-state index contributed by atoms with van der Waals surface area (Å²) in [5, 5.41) is 1.16. The van der Waals surface area contributed by atoms with E-state index in [0.717, 1.165) is 5.01 Å². The van der Waals surface area contributed by atoms with Crippen molar-refractivity contribution in [2.75, 3.05) is 18.3 Å². The van der Waals surface area contributed by atoms with Gasteiger partial charge in [-0.05, 0) is 32.2 Å². The molecular formula is C20H17N5O4S. The van der Waals surface area contributed by atoms with Crippen LogP contribution in [0, 0.1) is 6.57 Å². The van der Waals surface area contributed by atoms with E-state index in [-0.39, 0.29) is 29.5 Å². The molecular weight excluding hydrogens is 406 g/mol. The molecule has 0 bridgehead atoms. The first-order chi connectivity index (χ1) is 14.4. The molecule has 0 spiro atoms. The van der Waals surface area contributed by atoms with E-state index in [4.69, 9.17) is 11.3 Å². The monoisotopic (exact) mass is 423 g/mol. The number of benzene rings is 1. The summed E-state index contributed by atoms with van der Waals surface area (Å²) in [6.07, 6.45) is 2.95. The zero-order chi connectivity index (χ0) is 21.8. The quantitative estimate of drug-likeness (QED) is 0.248. The number of ether oxygens (including phenoxy) is 1. The molecule has 9 nitrogen and oxygen atoms in total. The Kier molecular flexibility index (Phi) is 6.13. The van der Waals surface area contributed by atoms with Crippen LogP contribution >= 0.6 is 11.8 Å². The van der Waals surface area contributed by atoms with E-state index in [1.807, 2.05) is 0 Å². The molecule has 3 rings (SSSR count). The highest BCUT2D eigenvalue weighted by Crippen LogP contribution is 2.35. The number of esters is 1. The van der Waals surface area contributed by atoms with Crippen molar-refractivity contribution in [3.05, 3.63) is 52.9 Å². The Morgan fingerprint density at radius 3 is 2.70 bits per heavy atom. The number of thioether (sulfide) groups is 1. The summed E-state index contributed by atoms with van der Waals surface area (Å²) >= 11 is 1.22. The Hall–Kier alpha value is -3.71. The molecule has 0 aliphatic carbocycles. The van der Waals surface area contributed by atoms with Crippen LogP contribution in [0.2, 0.25) is 0 Å². The predicted octanol–water partition coefficient (Wildman–Crippen LogP) is 3.23. The third-order valence-corrected chi connectivity index (χ3v) is 4.78. The van der Waals surface area contributed by atoms with Crippen molar-refractivity contribution < 1.29 is 19.1 Å². The molecule has 0 unspecified atom stereocenters. The van der Waals surface area contributed by atoms with E-state index in [1.54, 1.807) is 37.4 Å². The summed E-state index contributed by atoms with van der Waals surface area (Å²) in [4.78, 5) is 48.6. The maximum atomic E-state index is 12.2. The van der Waals surface area contributed by atoms with Gasteiger partial charge in [-0.2, -0.15) is 5.01 Å². The molecule has 1 aromatic heterocycles. The standard InChI is InChI=1S/C20H17N5O4S/c1-5-29-20(28)13-8-6-7-12(10-13)16-22-17(15(21-3)18(23-16)30-4)24-25-14(26)9-11(2)19(25)27/h6-10H,5H2,1-2,4H3,(H,22,23,24). The maximum absolute atomic E-state index is 12.2. The highest BCUT2D eigenvalue weighted by Gasteiger charge is 2.30. The lowest BCUT2D eigenvalue weighted by molar-refractivity contribution is -0.135. The first-order valence-electron chi connectivity index (χ1n) is 8.84. The van der Waals surface area contributed by atoms with Gasteiger partial charge in [0.2, 0.25) is 0 Å². The minimum atomic E-state index is -0.552. The van der Waals surface area contributed by atoms with Crippen molar-refractivity contribution in [1.29, 1.82) is 0 Å². The summed E-state index contributed by atoms with van der Waals surface area (Å²) in [5.41, 5.74) is 3.85. The molecule has 152 valence electrons. The smallest absolute Gasteiger partial charge is 0.338 e. The zero-order valence-electron chi connectivity index (χ0n) is 16.4. The second kappa shape index (κ2) is 8.75. The second-order valence-corrected chi connectivity index (χ2v) is 6.88. The van der Waals surface area contributed by atoms with E-state index in [9.17, 15) is 14.4 Å². The molecule has 2 aromatic rings. The highest BCUT2D eigenvalue weighted by molar-refractivity contribution is 7.98. The molecule has 0 saturated carbocycles. The van der Waals surface area contributed by atoms with Crippen molar-refractivity contribution in [3.63, 3.8) is 0 Å². The Balaban J connectivity index is 2.06. The van der Waals surface area contributed by atoms with Gasteiger partial charge in [0.25, 0.3) is 17.5 Å². The van der Waals surface area contributed by atoms with Gasteiger partial charge in [0.05, 0.1) is 18.7 Å². The van der Waals surface area contributed by atoms with Gasteiger partial charge in [0.15, 0.2) is 11.6 Å². The third kappa shape index (κ3) is 4.01. The van der Waals surface area contributed by atoms with Crippen LogP contribution in [0.25, 0.3) is 16.2 Å². The van der Waals surface area contributed by atoms with Crippen LogP contribution in [0.3, 0.4) is 0 Å². The highest BCUT2D eigenvalue weighted by atomic mass is 32.2. The molecule has 2 amide bonds. The zero-order valence-corrected chi connectivity index (χ0v) is 17.2. The number of aromatic nitrogens is 2. The number of hydrogen-bond donors (Lipinski definition) is 1. The molecule has 1 aromatic carbocycles. The molecule has 0 atom stereocenters. The van der Waals surface area contributed by atoms with Crippen molar-refractivity contribution in [1.82, 2.24) is 15.0 Å². The number of amides is 2. The molecule has 2 heterocycles. The SMILES string of the molecule is [C-]#[N+]c1c(NN2C(=O)C=C(C)C2=O)nc(-c2cccc(C(=O)OCC)c2)nc1SC. The van der Waals surface area contributed by atoms with Crippen LogP contribution in [0.4, 0.5) is 11.5 Å². The molecule has 0 saturated heterocycles. The fourth-order valence-electron chi connectivity index (χ4n) is 2.68. The largest absolute Gasteiger partial charge is 0.462 e. The number of hydrazine groups is 1. The lowest BCUT2D eigenvalue weighted by atomic mass is 10.1. The van der Waals surface area contributed by atoms with Gasteiger partial charge in [-0.25, -0.2) is 19.6 Å². The van der Waals surface area contributed by atoms with Gasteiger partial charge in [0.1, 0.15) is 5.03 Å². The van der Waals surface area contributed by atoms with Gasteiger partial charge in [-0.15, -0.1) is 11.8 Å². The molecule has 30 heavy (non-hydrogen) atoms. The maximum Gasteiger partial charge on any atom is 0.338 e. The van der Waals surface area contributed by atoms with Gasteiger partial charge in [-0.3, -0.25) is 15.0 Å². The van der Waals surface area contributed by atoms with E-state index >= 15 is 0 Å². The summed E-state index contributed by atoms with van der Waals surface area (Å²) in [7, 11) is 0. The molecule has 1 N–H and O–H groups in total. The van der Waals surface area contributed by atoms with E-state index in [0.29, 0.717) is 16.2 Å². The summed E-state index contributed by atoms with van der Waals surface area (Å²) < 4.78 is 5.02. The van der Waals surface area contributed by atoms with Crippen molar-refractivity contribution in [2.24, 2.45) is 0 Å². The van der Waals surface area contributed by atoms with Crippen LogP contribution in [-0.2, 0) is 14.3 Å². The summed E-state index contributed by atoms with van der Waals surface area (Å²) in [6, 6.07) is 6.57. The number of rotatable bonds is 6. The van der Waals surface area contributed by atoms with Gasteiger partial charge in [-0.1, -0.05) is 12.1 Å². The lowest BCUT2D eigenvalue weighted by Crippen LogP contribution is -2.36. The number of nitrogens with zero attached hydrogens (tertiary/aromatic N) is 4. The topological polar surface area (TPSA) is 106 Å². The van der Waals surface area contributed by atoms with Crippen LogP contribution in [0.5, 0.6) is 0 Å². The van der Waals surface area contributed by atoms with Gasteiger partial charge < -0.3 is 4.74 Å². The number of carbonyl (C=O) groups excluding carboxylic acids is 3. The van der Waals surface area contributed by atoms with Gasteiger partial charge >= 0.3 is 5.97 Å².